The molecule has 0 aromatic heterocycles. The van der Waals surface area contributed by atoms with Gasteiger partial charge in [-0.2, -0.15) is 0 Å². The summed E-state index contributed by atoms with van der Waals surface area (Å²) >= 11 is 0. The molecule has 0 aromatic rings. The topological polar surface area (TPSA) is 0 Å². The minimum Gasteiger partial charge on any atom is -0.0623 e. The van der Waals surface area contributed by atoms with Gasteiger partial charge in [0.1, 0.15) is 0 Å². The number of hydrogen-bond donors (Lipinski definition) is 0. The summed E-state index contributed by atoms with van der Waals surface area (Å²) < 4.78 is 0. The molecule has 0 bridgehead atoms. The van der Waals surface area contributed by atoms with E-state index < -0.39 is 0 Å². The summed E-state index contributed by atoms with van der Waals surface area (Å²) in [5, 5.41) is 0. The van der Waals surface area contributed by atoms with Crippen molar-refractivity contribution in [2.75, 3.05) is 0 Å². The largest absolute Gasteiger partial charge is 0.0623 e. The molecule has 0 fully saturated rings. The Morgan fingerprint density at radius 3 is 0.294 bits per heavy atom. The van der Waals surface area contributed by atoms with Gasteiger partial charge in [-0.15, -0.1) is 0 Å². The van der Waals surface area contributed by atoms with Crippen molar-refractivity contribution in [3.8, 4) is 0 Å². The Labute approximate surface area is 119 Å². The summed E-state index contributed by atoms with van der Waals surface area (Å²) in [4.78, 5) is 0. The Hall–Kier alpha value is -1.37. The van der Waals surface area contributed by atoms with Gasteiger partial charge in [0.2, 0.25) is 0 Å². The minimum atomic E-state index is 0. The monoisotopic (exact) mass is 256 g/mol. The molecule has 0 spiro atoms. The van der Waals surface area contributed by atoms with Gasteiger partial charge >= 0.3 is 0 Å². The van der Waals surface area contributed by atoms with Gasteiger partial charge in [0.15, 0.2) is 0 Å². The maximum absolute atomic E-state index is 2.00. The molecule has 0 N–H and O–H groups in total. The first-order valence-corrected chi connectivity index (χ1v) is 5.33. The Morgan fingerprint density at radius 2 is 0.235 bits per heavy atom. The van der Waals surface area contributed by atoms with E-state index in [-0.39, 0.29) is 21.7 Å². The Morgan fingerprint density at radius 1 is 0.176 bits per heavy atom. The summed E-state index contributed by atoms with van der Waals surface area (Å²) in [6.45, 7) is 0. The van der Waals surface area contributed by atoms with Crippen LogP contribution in [0.2, 0.25) is 0 Å². The number of hydrogen-bond acceptors (Lipinski definition) is 0. The van der Waals surface area contributed by atoms with E-state index in [1.165, 1.54) is 0 Å². The molecule has 1 heteroatoms. The fourth-order valence-electron chi connectivity index (χ4n) is 1.03. The van der Waals surface area contributed by atoms with Gasteiger partial charge in [0.25, 0.3) is 0 Å². The van der Waals surface area contributed by atoms with Gasteiger partial charge < -0.3 is 0 Å². The van der Waals surface area contributed by atoms with Crippen LogP contribution in [-0.2, 0) is 21.7 Å². The molecule has 0 radical (unpaired) electrons. The molecule has 0 aliphatic heterocycles. The van der Waals surface area contributed by atoms with E-state index in [2.05, 4.69) is 0 Å². The first-order valence-electron chi connectivity index (χ1n) is 5.33. The van der Waals surface area contributed by atoms with Gasteiger partial charge in [0.05, 0.1) is 0 Å². The van der Waals surface area contributed by atoms with Crippen LogP contribution in [0.3, 0.4) is 0 Å². The van der Waals surface area contributed by atoms with Crippen LogP contribution in [0, 0.1) is 0 Å². The zero-order valence-corrected chi connectivity index (χ0v) is 11.3. The molecule has 0 atom stereocenters. The first kappa shape index (κ1) is 15.6. The van der Waals surface area contributed by atoms with Crippen LogP contribution in [-0.4, -0.2) is 0 Å². The third kappa shape index (κ3) is 10.9. The maximum Gasteiger partial charge on any atom is 0 e. The van der Waals surface area contributed by atoms with Crippen molar-refractivity contribution in [1.29, 1.82) is 0 Å². The van der Waals surface area contributed by atoms with E-state index >= 15 is 0 Å². The van der Waals surface area contributed by atoms with Crippen molar-refractivity contribution in [3.05, 3.63) is 97.2 Å². The van der Waals surface area contributed by atoms with Gasteiger partial charge in [-0.05, 0) is 0 Å². The van der Waals surface area contributed by atoms with Crippen LogP contribution < -0.4 is 0 Å². The summed E-state index contributed by atoms with van der Waals surface area (Å²) in [6, 6.07) is 0. The van der Waals surface area contributed by atoms with Crippen molar-refractivity contribution >= 4 is 0 Å². The Bertz CT molecular complexity index is 247. The Balaban J connectivity index is 0.000000284. The molecule has 0 amide bonds. The first-order chi connectivity index (χ1) is 8.00. The molecule has 2 aliphatic rings. The quantitative estimate of drug-likeness (QED) is 0.562. The molecule has 0 aromatic carbocycles. The zero-order valence-electron chi connectivity index (χ0n) is 9.74. The predicted octanol–water partition coefficient (Wildman–Crippen LogP) is 4.45. The molecular formula is C16H16Ti. The minimum absolute atomic E-state index is 0. The molecule has 0 saturated heterocycles. The van der Waals surface area contributed by atoms with Crippen LogP contribution in [0.1, 0.15) is 0 Å². The van der Waals surface area contributed by atoms with E-state index in [4.69, 9.17) is 0 Å². The predicted molar refractivity (Wildman–Crippen MR) is 73.1 cm³/mol. The molecule has 0 nitrogen and oxygen atoms in total. The summed E-state index contributed by atoms with van der Waals surface area (Å²) in [7, 11) is 0. The third-order valence-electron chi connectivity index (χ3n) is 1.78. The molecule has 0 unspecified atom stereocenters. The second-order valence-corrected chi connectivity index (χ2v) is 3.08. The third-order valence-corrected chi connectivity index (χ3v) is 1.78. The van der Waals surface area contributed by atoms with Crippen molar-refractivity contribution in [2.45, 2.75) is 0 Å². The number of allylic oxidation sites excluding steroid dienone is 16. The fraction of sp³-hybridized carbons (Fsp3) is 0. The second kappa shape index (κ2) is 12.7. The molecule has 2 aliphatic carbocycles. The summed E-state index contributed by atoms with van der Waals surface area (Å²) in [5.74, 6) is 0. The standard InChI is InChI=1S/2C8H8.Ti/c2*1-2-4-6-8-7-5-3-1;/h2*1-8H;. The van der Waals surface area contributed by atoms with E-state index in [1.54, 1.807) is 0 Å². The van der Waals surface area contributed by atoms with E-state index in [0.717, 1.165) is 0 Å². The fourth-order valence-corrected chi connectivity index (χ4v) is 1.03. The van der Waals surface area contributed by atoms with Crippen molar-refractivity contribution in [2.24, 2.45) is 0 Å². The van der Waals surface area contributed by atoms with E-state index in [1.807, 2.05) is 97.2 Å². The molecule has 0 saturated carbocycles. The normalized spacial score (nSPS) is 15.1. The van der Waals surface area contributed by atoms with Crippen LogP contribution in [0.25, 0.3) is 0 Å². The van der Waals surface area contributed by atoms with Crippen LogP contribution in [0.15, 0.2) is 97.2 Å². The van der Waals surface area contributed by atoms with Crippen LogP contribution in [0.5, 0.6) is 0 Å². The average Bonchev–Trinajstić information content (AvgIpc) is 2.15. The Kier molecular flexibility index (Phi) is 11.7. The van der Waals surface area contributed by atoms with Gasteiger partial charge in [-0.25, -0.2) is 0 Å². The second-order valence-electron chi connectivity index (χ2n) is 3.08. The van der Waals surface area contributed by atoms with Crippen molar-refractivity contribution in [1.82, 2.24) is 0 Å². The summed E-state index contributed by atoms with van der Waals surface area (Å²) in [5.41, 5.74) is 0. The maximum atomic E-state index is 2.00. The van der Waals surface area contributed by atoms with Crippen molar-refractivity contribution in [3.63, 3.8) is 0 Å². The van der Waals surface area contributed by atoms with Gasteiger partial charge in [0, 0.05) is 21.7 Å². The van der Waals surface area contributed by atoms with Crippen molar-refractivity contribution < 1.29 is 21.7 Å². The molecular weight excluding hydrogens is 240 g/mol. The van der Waals surface area contributed by atoms with Crippen LogP contribution in [0.4, 0.5) is 0 Å². The van der Waals surface area contributed by atoms with Crippen LogP contribution >= 0.6 is 0 Å². The van der Waals surface area contributed by atoms with E-state index in [9.17, 15) is 0 Å². The summed E-state index contributed by atoms with van der Waals surface area (Å²) in [6.07, 6.45) is 32.0. The molecule has 0 heterocycles. The molecule has 84 valence electrons. The average molecular weight is 256 g/mol. The number of rotatable bonds is 0. The van der Waals surface area contributed by atoms with Gasteiger partial charge in [-0.3, -0.25) is 0 Å². The van der Waals surface area contributed by atoms with E-state index in [0.29, 0.717) is 0 Å². The van der Waals surface area contributed by atoms with Gasteiger partial charge in [-0.1, -0.05) is 97.2 Å². The zero-order chi connectivity index (χ0) is 11.3. The smallest absolute Gasteiger partial charge is 0 e. The SMILES string of the molecule is C1=CC=CC=CC=C1.C1=CC=CC=CC=C1.[Ti]. The molecule has 17 heavy (non-hydrogen) atoms. The molecule has 2 rings (SSSR count).